The number of hydrogen-bond acceptors (Lipinski definition) is 4. The van der Waals surface area contributed by atoms with E-state index in [1.165, 1.54) is 0 Å². The molecule has 2 N–H and O–H groups in total. The molecule has 8 heteroatoms. The second kappa shape index (κ2) is 11.8. The third-order valence-corrected chi connectivity index (χ3v) is 8.01. The zero-order chi connectivity index (χ0) is 26.5. The average Bonchev–Trinajstić information content (AvgIpc) is 3.68. The van der Waals surface area contributed by atoms with Gasteiger partial charge in [-0.05, 0) is 87.8 Å². The van der Waals surface area contributed by atoms with E-state index in [0.717, 1.165) is 51.9 Å². The number of hydrogen-bond donors (Lipinski definition) is 2. The second-order valence-electron chi connectivity index (χ2n) is 10.7. The molecular formula is C30H36N4O4. The Balaban J connectivity index is 1.11. The van der Waals surface area contributed by atoms with Crippen molar-refractivity contribution in [2.75, 3.05) is 36.8 Å². The SMILES string of the molecule is O=C(Nc1cccc(C(=O)N2CCCC2)c1)C1CCC(C(=O)Nc2cccc(C(=O)N3CCCC3)c2)CC1. The number of carbonyl (C=O) groups excluding carboxylic acids is 4. The Morgan fingerprint density at radius 3 is 1.32 bits per heavy atom. The quantitative estimate of drug-likeness (QED) is 0.589. The van der Waals surface area contributed by atoms with Gasteiger partial charge in [0.15, 0.2) is 0 Å². The lowest BCUT2D eigenvalue weighted by Crippen LogP contribution is -2.32. The van der Waals surface area contributed by atoms with Gasteiger partial charge in [-0.1, -0.05) is 12.1 Å². The Morgan fingerprint density at radius 1 is 0.579 bits per heavy atom. The van der Waals surface area contributed by atoms with E-state index >= 15 is 0 Å². The largest absolute Gasteiger partial charge is 0.339 e. The van der Waals surface area contributed by atoms with E-state index in [1.54, 1.807) is 48.5 Å². The Morgan fingerprint density at radius 2 is 0.947 bits per heavy atom. The smallest absolute Gasteiger partial charge is 0.253 e. The molecule has 2 aromatic rings. The van der Waals surface area contributed by atoms with Crippen molar-refractivity contribution in [3.05, 3.63) is 59.7 Å². The maximum Gasteiger partial charge on any atom is 0.253 e. The van der Waals surface area contributed by atoms with Crippen LogP contribution in [-0.4, -0.2) is 59.6 Å². The van der Waals surface area contributed by atoms with Crippen molar-refractivity contribution in [1.82, 2.24) is 9.80 Å². The molecule has 0 bridgehead atoms. The van der Waals surface area contributed by atoms with Crippen LogP contribution in [0, 0.1) is 11.8 Å². The van der Waals surface area contributed by atoms with Crippen LogP contribution in [0.3, 0.4) is 0 Å². The average molecular weight is 517 g/mol. The first-order valence-electron chi connectivity index (χ1n) is 13.9. The molecule has 1 saturated carbocycles. The highest BCUT2D eigenvalue weighted by Gasteiger charge is 2.30. The van der Waals surface area contributed by atoms with E-state index in [1.807, 2.05) is 9.80 Å². The van der Waals surface area contributed by atoms with E-state index < -0.39 is 0 Å². The molecule has 0 unspecified atom stereocenters. The van der Waals surface area contributed by atoms with Gasteiger partial charge in [0.2, 0.25) is 11.8 Å². The van der Waals surface area contributed by atoms with Crippen molar-refractivity contribution in [3.8, 4) is 0 Å². The first-order valence-corrected chi connectivity index (χ1v) is 13.9. The number of nitrogens with one attached hydrogen (secondary N) is 2. The van der Waals surface area contributed by atoms with Crippen molar-refractivity contribution in [2.24, 2.45) is 11.8 Å². The topological polar surface area (TPSA) is 98.8 Å². The van der Waals surface area contributed by atoms with E-state index in [0.29, 0.717) is 48.2 Å². The van der Waals surface area contributed by atoms with Crippen molar-refractivity contribution < 1.29 is 19.2 Å². The summed E-state index contributed by atoms with van der Waals surface area (Å²) in [6, 6.07) is 14.3. The zero-order valence-corrected chi connectivity index (χ0v) is 21.8. The highest BCUT2D eigenvalue weighted by atomic mass is 16.2. The third kappa shape index (κ3) is 6.06. The molecule has 0 spiro atoms. The van der Waals surface area contributed by atoms with Gasteiger partial charge in [-0.2, -0.15) is 0 Å². The normalized spacial score (nSPS) is 21.3. The Bertz CT molecular complexity index is 1100. The van der Waals surface area contributed by atoms with Crippen LogP contribution in [0.15, 0.2) is 48.5 Å². The lowest BCUT2D eigenvalue weighted by Gasteiger charge is -2.27. The van der Waals surface area contributed by atoms with Crippen molar-refractivity contribution in [2.45, 2.75) is 51.4 Å². The molecule has 2 aromatic carbocycles. The van der Waals surface area contributed by atoms with Crippen LogP contribution in [-0.2, 0) is 9.59 Å². The van der Waals surface area contributed by atoms with Gasteiger partial charge in [0, 0.05) is 60.5 Å². The number of likely N-dealkylation sites (tertiary alicyclic amines) is 2. The van der Waals surface area contributed by atoms with Gasteiger partial charge in [-0.15, -0.1) is 0 Å². The summed E-state index contributed by atoms with van der Waals surface area (Å²) in [5.41, 5.74) is 2.44. The van der Waals surface area contributed by atoms with Gasteiger partial charge < -0.3 is 20.4 Å². The Kier molecular flexibility index (Phi) is 8.05. The molecule has 3 fully saturated rings. The predicted molar refractivity (Wildman–Crippen MR) is 146 cm³/mol. The Labute approximate surface area is 223 Å². The molecule has 0 atom stereocenters. The molecule has 2 aliphatic heterocycles. The number of anilines is 2. The number of benzene rings is 2. The summed E-state index contributed by atoms with van der Waals surface area (Å²) in [5.74, 6) is -0.450. The van der Waals surface area contributed by atoms with E-state index in [2.05, 4.69) is 10.6 Å². The van der Waals surface area contributed by atoms with E-state index in [9.17, 15) is 19.2 Å². The van der Waals surface area contributed by atoms with Gasteiger partial charge in [0.05, 0.1) is 0 Å². The number of rotatable bonds is 6. The van der Waals surface area contributed by atoms with E-state index in [-0.39, 0.29) is 35.5 Å². The summed E-state index contributed by atoms with van der Waals surface area (Å²) >= 11 is 0. The fraction of sp³-hybridized carbons (Fsp3) is 0.467. The fourth-order valence-corrected chi connectivity index (χ4v) is 5.77. The van der Waals surface area contributed by atoms with Crippen LogP contribution in [0.25, 0.3) is 0 Å². The van der Waals surface area contributed by atoms with E-state index in [4.69, 9.17) is 0 Å². The summed E-state index contributed by atoms with van der Waals surface area (Å²) in [6.07, 6.45) is 6.66. The van der Waals surface area contributed by atoms with Gasteiger partial charge in [0.1, 0.15) is 0 Å². The number of amides is 4. The van der Waals surface area contributed by atoms with Crippen molar-refractivity contribution in [3.63, 3.8) is 0 Å². The lowest BCUT2D eigenvalue weighted by atomic mass is 9.81. The summed E-state index contributed by atoms with van der Waals surface area (Å²) in [4.78, 5) is 55.0. The van der Waals surface area contributed by atoms with Crippen LogP contribution in [0.5, 0.6) is 0 Å². The minimum absolute atomic E-state index is 0.0102. The van der Waals surface area contributed by atoms with Gasteiger partial charge in [0.25, 0.3) is 11.8 Å². The lowest BCUT2D eigenvalue weighted by molar-refractivity contribution is -0.125. The van der Waals surface area contributed by atoms with Crippen LogP contribution < -0.4 is 10.6 Å². The standard InChI is InChI=1S/C30H36N4O4/c35-27(31-25-9-5-7-23(19-25)29(37)33-15-1-2-16-33)21-11-13-22(14-12-21)28(36)32-26-10-6-8-24(20-26)30(38)34-17-3-4-18-34/h5-10,19-22H,1-4,11-18H2,(H,31,35)(H,32,36). The molecule has 38 heavy (non-hydrogen) atoms. The molecule has 5 rings (SSSR count). The molecule has 0 aromatic heterocycles. The summed E-state index contributed by atoms with van der Waals surface area (Å²) in [7, 11) is 0. The molecule has 200 valence electrons. The van der Waals surface area contributed by atoms with Gasteiger partial charge in [-0.3, -0.25) is 19.2 Å². The maximum absolute atomic E-state index is 12.9. The van der Waals surface area contributed by atoms with Crippen LogP contribution in [0.1, 0.15) is 72.1 Å². The van der Waals surface area contributed by atoms with Gasteiger partial charge >= 0.3 is 0 Å². The summed E-state index contributed by atoms with van der Waals surface area (Å²) < 4.78 is 0. The summed E-state index contributed by atoms with van der Waals surface area (Å²) in [5, 5.41) is 5.95. The Hall–Kier alpha value is -3.68. The van der Waals surface area contributed by atoms with Crippen LogP contribution >= 0.6 is 0 Å². The molecule has 0 radical (unpaired) electrons. The van der Waals surface area contributed by atoms with Crippen LogP contribution in [0.4, 0.5) is 11.4 Å². The number of carbonyl (C=O) groups is 4. The maximum atomic E-state index is 12.9. The molecular weight excluding hydrogens is 480 g/mol. The first kappa shape index (κ1) is 25.9. The van der Waals surface area contributed by atoms with Crippen molar-refractivity contribution >= 4 is 35.0 Å². The molecule has 3 aliphatic rings. The highest BCUT2D eigenvalue weighted by molar-refractivity contribution is 5.99. The molecule has 2 saturated heterocycles. The fourth-order valence-electron chi connectivity index (χ4n) is 5.77. The zero-order valence-electron chi connectivity index (χ0n) is 21.8. The first-order chi connectivity index (χ1) is 18.5. The highest BCUT2D eigenvalue weighted by Crippen LogP contribution is 2.31. The van der Waals surface area contributed by atoms with Crippen molar-refractivity contribution in [1.29, 1.82) is 0 Å². The number of nitrogens with zero attached hydrogens (tertiary/aromatic N) is 2. The minimum atomic E-state index is -0.168. The predicted octanol–water partition coefficient (Wildman–Crippen LogP) is 4.54. The molecule has 2 heterocycles. The third-order valence-electron chi connectivity index (χ3n) is 8.01. The molecule has 4 amide bonds. The summed E-state index contributed by atoms with van der Waals surface area (Å²) in [6.45, 7) is 3.14. The van der Waals surface area contributed by atoms with Crippen LogP contribution in [0.2, 0.25) is 0 Å². The second-order valence-corrected chi connectivity index (χ2v) is 10.7. The minimum Gasteiger partial charge on any atom is -0.339 e. The monoisotopic (exact) mass is 516 g/mol. The van der Waals surface area contributed by atoms with Gasteiger partial charge in [-0.25, -0.2) is 0 Å². The molecule has 8 nitrogen and oxygen atoms in total. The molecule has 1 aliphatic carbocycles.